The Morgan fingerprint density at radius 1 is 1.10 bits per heavy atom. The Morgan fingerprint density at radius 3 is 2.30 bits per heavy atom. The maximum atomic E-state index is 13.2. The van der Waals surface area contributed by atoms with Gasteiger partial charge in [-0.1, -0.05) is 41.9 Å². The van der Waals surface area contributed by atoms with Gasteiger partial charge in [-0.05, 0) is 36.2 Å². The van der Waals surface area contributed by atoms with Gasteiger partial charge in [0, 0.05) is 24.7 Å². The van der Waals surface area contributed by atoms with Gasteiger partial charge in [-0.2, -0.15) is 4.31 Å². The Bertz CT molecular complexity index is 1100. The van der Waals surface area contributed by atoms with Crippen LogP contribution < -0.4 is 0 Å². The molecule has 30 heavy (non-hydrogen) atoms. The minimum absolute atomic E-state index is 0.00828. The number of halogens is 1. The molecule has 0 bridgehead atoms. The number of likely N-dealkylation sites (N-methyl/N-ethyl adjacent to an activating group) is 1. The number of hydrogen-bond donors (Lipinski definition) is 0. The molecule has 3 rings (SSSR count). The molecule has 0 spiro atoms. The summed E-state index contributed by atoms with van der Waals surface area (Å²) in [4.78, 5) is 14.3. The molecular weight excluding hydrogens is 448 g/mol. The number of carbonyl (C=O) groups excluding carboxylic acids is 1. The van der Waals surface area contributed by atoms with Gasteiger partial charge in [-0.15, -0.1) is 0 Å². The molecule has 1 aliphatic heterocycles. The van der Waals surface area contributed by atoms with Crippen molar-refractivity contribution in [3.63, 3.8) is 0 Å². The Balaban J connectivity index is 1.86. The fourth-order valence-corrected chi connectivity index (χ4v) is 6.59. The maximum Gasteiger partial charge on any atom is 0.243 e. The summed E-state index contributed by atoms with van der Waals surface area (Å²) < 4.78 is 51.1. The quantitative estimate of drug-likeness (QED) is 0.618. The number of sulfone groups is 1. The molecule has 0 aromatic heterocycles. The molecule has 7 nitrogen and oxygen atoms in total. The van der Waals surface area contributed by atoms with Gasteiger partial charge in [0.15, 0.2) is 9.84 Å². The highest BCUT2D eigenvalue weighted by molar-refractivity contribution is 7.91. The zero-order valence-electron chi connectivity index (χ0n) is 16.4. The molecule has 0 radical (unpaired) electrons. The van der Waals surface area contributed by atoms with Crippen molar-refractivity contribution in [2.75, 3.05) is 25.1 Å². The summed E-state index contributed by atoms with van der Waals surface area (Å²) >= 11 is 5.87. The lowest BCUT2D eigenvalue weighted by Gasteiger charge is -2.28. The number of sulfonamides is 1. The minimum Gasteiger partial charge on any atom is -0.341 e. The van der Waals surface area contributed by atoms with Gasteiger partial charge in [-0.3, -0.25) is 4.79 Å². The van der Waals surface area contributed by atoms with Gasteiger partial charge in [-0.25, -0.2) is 16.8 Å². The lowest BCUT2D eigenvalue weighted by Crippen LogP contribution is -2.45. The fourth-order valence-electron chi connectivity index (χ4n) is 3.32. The number of rotatable bonds is 7. The molecule has 1 unspecified atom stereocenters. The molecule has 2 aromatic rings. The summed E-state index contributed by atoms with van der Waals surface area (Å²) in [5.74, 6) is -0.519. The van der Waals surface area contributed by atoms with E-state index in [1.165, 1.54) is 36.2 Å². The molecule has 162 valence electrons. The Morgan fingerprint density at radius 2 is 1.73 bits per heavy atom. The van der Waals surface area contributed by atoms with Crippen LogP contribution in [-0.2, 0) is 31.2 Å². The van der Waals surface area contributed by atoms with E-state index in [4.69, 9.17) is 11.6 Å². The predicted molar refractivity (Wildman–Crippen MR) is 115 cm³/mol. The van der Waals surface area contributed by atoms with Crippen molar-refractivity contribution in [3.05, 3.63) is 65.2 Å². The highest BCUT2D eigenvalue weighted by atomic mass is 35.5. The number of nitrogens with zero attached hydrogens (tertiary/aromatic N) is 2. The second-order valence-corrected chi connectivity index (χ2v) is 11.9. The van der Waals surface area contributed by atoms with Crippen molar-refractivity contribution >= 4 is 37.4 Å². The lowest BCUT2D eigenvalue weighted by atomic mass is 10.2. The summed E-state index contributed by atoms with van der Waals surface area (Å²) in [7, 11) is -5.63. The van der Waals surface area contributed by atoms with Crippen LogP contribution in [0.3, 0.4) is 0 Å². The fraction of sp³-hybridized carbons (Fsp3) is 0.350. The molecule has 0 N–H and O–H groups in total. The minimum atomic E-state index is -3.98. The predicted octanol–water partition coefficient (Wildman–Crippen LogP) is 2.18. The Kier molecular flexibility index (Phi) is 6.86. The first-order chi connectivity index (χ1) is 14.1. The normalized spacial score (nSPS) is 18.4. The van der Waals surface area contributed by atoms with Crippen molar-refractivity contribution in [2.45, 2.75) is 23.9 Å². The number of benzene rings is 2. The summed E-state index contributed by atoms with van der Waals surface area (Å²) in [6, 6.07) is 14.3. The van der Waals surface area contributed by atoms with E-state index in [0.717, 1.165) is 9.87 Å². The third kappa shape index (κ3) is 5.40. The van der Waals surface area contributed by atoms with Crippen LogP contribution >= 0.6 is 11.6 Å². The molecule has 10 heteroatoms. The topological polar surface area (TPSA) is 91.8 Å². The van der Waals surface area contributed by atoms with Gasteiger partial charge >= 0.3 is 0 Å². The van der Waals surface area contributed by atoms with Crippen molar-refractivity contribution in [2.24, 2.45) is 0 Å². The number of amides is 1. The van der Waals surface area contributed by atoms with Gasteiger partial charge in [0.2, 0.25) is 15.9 Å². The van der Waals surface area contributed by atoms with Crippen molar-refractivity contribution in [1.29, 1.82) is 0 Å². The molecule has 1 amide bonds. The molecule has 0 saturated carbocycles. The van der Waals surface area contributed by atoms with Crippen LogP contribution in [0.4, 0.5) is 0 Å². The third-order valence-electron chi connectivity index (χ3n) is 5.11. The average Bonchev–Trinajstić information content (AvgIpc) is 3.07. The van der Waals surface area contributed by atoms with E-state index in [-0.39, 0.29) is 22.9 Å². The van der Waals surface area contributed by atoms with E-state index < -0.39 is 38.4 Å². The summed E-state index contributed by atoms with van der Waals surface area (Å²) in [5, 5.41) is 0.404. The summed E-state index contributed by atoms with van der Waals surface area (Å²) in [6.45, 7) is -0.388. The molecule has 0 aliphatic carbocycles. The van der Waals surface area contributed by atoms with Crippen molar-refractivity contribution in [3.8, 4) is 0 Å². The summed E-state index contributed by atoms with van der Waals surface area (Å²) in [5.41, 5.74) is 0.730. The second kappa shape index (κ2) is 9.05. The third-order valence-corrected chi connectivity index (χ3v) is 8.92. The van der Waals surface area contributed by atoms with Gasteiger partial charge in [0.05, 0.1) is 22.9 Å². The van der Waals surface area contributed by atoms with Gasteiger partial charge in [0.25, 0.3) is 0 Å². The van der Waals surface area contributed by atoms with E-state index in [1.54, 1.807) is 24.3 Å². The highest BCUT2D eigenvalue weighted by Gasteiger charge is 2.35. The largest absolute Gasteiger partial charge is 0.341 e. The number of hydrogen-bond acceptors (Lipinski definition) is 5. The molecule has 1 atom stereocenters. The Labute approximate surface area is 182 Å². The van der Waals surface area contributed by atoms with Crippen LogP contribution in [-0.4, -0.2) is 63.1 Å². The summed E-state index contributed by atoms with van der Waals surface area (Å²) in [6.07, 6.45) is 0.354. The van der Waals surface area contributed by atoms with Crippen LogP contribution in [0.15, 0.2) is 59.5 Å². The molecule has 1 saturated heterocycles. The van der Waals surface area contributed by atoms with E-state index in [9.17, 15) is 21.6 Å². The van der Waals surface area contributed by atoms with Crippen LogP contribution in [0, 0.1) is 0 Å². The average molecular weight is 471 g/mol. The van der Waals surface area contributed by atoms with Crippen LogP contribution in [0.2, 0.25) is 5.02 Å². The molecule has 1 heterocycles. The van der Waals surface area contributed by atoms with E-state index in [2.05, 4.69) is 0 Å². The monoisotopic (exact) mass is 470 g/mol. The molecule has 1 fully saturated rings. The molecule has 1 aliphatic rings. The number of carbonyl (C=O) groups is 1. The standard InChI is InChI=1S/C20H23ClN2O5S2/c1-22(18-11-12-29(25,26)15-18)20(24)14-23(13-16-5-3-2-4-6-16)30(27,28)19-9-7-17(21)8-10-19/h2-10,18H,11-15H2,1H3. The first-order valence-corrected chi connectivity index (χ1v) is 13.0. The molecule has 2 aromatic carbocycles. The molecular formula is C20H23ClN2O5S2. The van der Waals surface area contributed by atoms with E-state index >= 15 is 0 Å². The maximum absolute atomic E-state index is 13.2. The smallest absolute Gasteiger partial charge is 0.243 e. The highest BCUT2D eigenvalue weighted by Crippen LogP contribution is 2.22. The SMILES string of the molecule is CN(C(=O)CN(Cc1ccccc1)S(=O)(=O)c1ccc(Cl)cc1)C1CCS(=O)(=O)C1. The van der Waals surface area contributed by atoms with E-state index in [1.807, 2.05) is 6.07 Å². The van der Waals surface area contributed by atoms with Gasteiger partial charge < -0.3 is 4.90 Å². The zero-order valence-corrected chi connectivity index (χ0v) is 18.8. The van der Waals surface area contributed by atoms with Crippen molar-refractivity contribution in [1.82, 2.24) is 9.21 Å². The lowest BCUT2D eigenvalue weighted by molar-refractivity contribution is -0.131. The van der Waals surface area contributed by atoms with Crippen LogP contribution in [0.1, 0.15) is 12.0 Å². The first-order valence-electron chi connectivity index (χ1n) is 9.34. The Hall–Kier alpha value is -1.94. The van der Waals surface area contributed by atoms with Crippen molar-refractivity contribution < 1.29 is 21.6 Å². The first kappa shape index (κ1) is 22.7. The zero-order chi connectivity index (χ0) is 21.9. The second-order valence-electron chi connectivity index (χ2n) is 7.27. The van der Waals surface area contributed by atoms with E-state index in [0.29, 0.717) is 11.4 Å². The van der Waals surface area contributed by atoms with Crippen LogP contribution in [0.5, 0.6) is 0 Å². The van der Waals surface area contributed by atoms with Gasteiger partial charge in [0.1, 0.15) is 0 Å². The van der Waals surface area contributed by atoms with Crippen LogP contribution in [0.25, 0.3) is 0 Å².